The summed E-state index contributed by atoms with van der Waals surface area (Å²) < 4.78 is 0. The van der Waals surface area contributed by atoms with Gasteiger partial charge >= 0.3 is 0 Å². The van der Waals surface area contributed by atoms with Crippen LogP contribution >= 0.6 is 27.5 Å². The summed E-state index contributed by atoms with van der Waals surface area (Å²) in [6, 6.07) is 8.37. The van der Waals surface area contributed by atoms with Gasteiger partial charge in [0.15, 0.2) is 0 Å². The van der Waals surface area contributed by atoms with E-state index < -0.39 is 0 Å². The summed E-state index contributed by atoms with van der Waals surface area (Å²) in [6.07, 6.45) is 5.55. The summed E-state index contributed by atoms with van der Waals surface area (Å²) in [5, 5.41) is 1.99. The lowest BCUT2D eigenvalue weighted by molar-refractivity contribution is 0.308. The van der Waals surface area contributed by atoms with Crippen LogP contribution in [0, 0.1) is 17.3 Å². The Morgan fingerprint density at radius 1 is 1.19 bits per heavy atom. The second-order valence-electron chi connectivity index (χ2n) is 5.60. The molecule has 2 heteroatoms. The van der Waals surface area contributed by atoms with Crippen LogP contribution in [0.5, 0.6) is 0 Å². The van der Waals surface area contributed by atoms with Crippen molar-refractivity contribution in [3.05, 3.63) is 34.9 Å². The molecule has 0 radical (unpaired) electrons. The molecule has 86 valence electrons. The van der Waals surface area contributed by atoms with Gasteiger partial charge in [-0.1, -0.05) is 39.7 Å². The van der Waals surface area contributed by atoms with Crippen LogP contribution < -0.4 is 0 Å². The van der Waals surface area contributed by atoms with E-state index in [0.717, 1.165) is 22.2 Å². The Balaban J connectivity index is 1.75. The molecule has 16 heavy (non-hydrogen) atoms. The maximum absolute atomic E-state index is 5.92. The average Bonchev–Trinajstić information content (AvgIpc) is 2.91. The lowest BCUT2D eigenvalue weighted by atomic mass is 9.79. The van der Waals surface area contributed by atoms with E-state index >= 15 is 0 Å². The Hall–Kier alpha value is -0.0100. The number of rotatable bonds is 3. The molecule has 0 nitrogen and oxygen atoms in total. The zero-order chi connectivity index (χ0) is 11.2. The van der Waals surface area contributed by atoms with E-state index in [0.29, 0.717) is 5.41 Å². The fourth-order valence-electron chi connectivity index (χ4n) is 3.34. The van der Waals surface area contributed by atoms with E-state index in [1.54, 1.807) is 0 Å². The van der Waals surface area contributed by atoms with Crippen molar-refractivity contribution in [2.45, 2.75) is 25.7 Å². The molecule has 0 N–H and O–H groups in total. The van der Waals surface area contributed by atoms with Crippen LogP contribution in [0.15, 0.2) is 24.3 Å². The van der Waals surface area contributed by atoms with Gasteiger partial charge in [0, 0.05) is 10.4 Å². The van der Waals surface area contributed by atoms with Crippen LogP contribution in [0.2, 0.25) is 5.02 Å². The van der Waals surface area contributed by atoms with Crippen molar-refractivity contribution in [1.82, 2.24) is 0 Å². The van der Waals surface area contributed by atoms with E-state index in [-0.39, 0.29) is 0 Å². The van der Waals surface area contributed by atoms with Crippen molar-refractivity contribution in [3.8, 4) is 0 Å². The molecule has 0 aromatic heterocycles. The molecule has 0 aliphatic heterocycles. The normalized spacial score (nSPS) is 36.1. The van der Waals surface area contributed by atoms with Crippen LogP contribution in [-0.2, 0) is 6.42 Å². The smallest absolute Gasteiger partial charge is 0.0406 e. The van der Waals surface area contributed by atoms with Gasteiger partial charge in [0.25, 0.3) is 0 Å². The minimum absolute atomic E-state index is 0.529. The first-order valence-electron chi connectivity index (χ1n) is 6.01. The standard InChI is InChI=1S/C14H16BrCl/c15-9-14(7-11-5-12(11)8-14)6-10-1-3-13(16)4-2-10/h1-4,11-12H,5-9H2. The largest absolute Gasteiger partial charge is 0.0922 e. The highest BCUT2D eigenvalue weighted by Crippen LogP contribution is 2.61. The van der Waals surface area contributed by atoms with E-state index in [1.807, 2.05) is 12.1 Å². The molecule has 1 aromatic carbocycles. The van der Waals surface area contributed by atoms with Crippen LogP contribution in [0.4, 0.5) is 0 Å². The van der Waals surface area contributed by atoms with Gasteiger partial charge in [0.1, 0.15) is 0 Å². The fourth-order valence-corrected chi connectivity index (χ4v) is 4.12. The molecule has 3 rings (SSSR count). The van der Waals surface area contributed by atoms with Crippen LogP contribution in [-0.4, -0.2) is 5.33 Å². The predicted molar refractivity (Wildman–Crippen MR) is 72.2 cm³/mol. The van der Waals surface area contributed by atoms with Gasteiger partial charge in [-0.05, 0) is 60.6 Å². The van der Waals surface area contributed by atoms with Gasteiger partial charge in [0.2, 0.25) is 0 Å². The molecule has 2 saturated carbocycles. The summed E-state index contributed by atoms with van der Waals surface area (Å²) in [5.41, 5.74) is 1.96. The molecule has 0 amide bonds. The Bertz CT molecular complexity index is 374. The number of hydrogen-bond acceptors (Lipinski definition) is 0. The number of fused-ring (bicyclic) bond motifs is 1. The number of alkyl halides is 1. The van der Waals surface area contributed by atoms with E-state index in [2.05, 4.69) is 28.1 Å². The summed E-state index contributed by atoms with van der Waals surface area (Å²) in [7, 11) is 0. The first-order chi connectivity index (χ1) is 7.71. The molecule has 2 atom stereocenters. The van der Waals surface area contributed by atoms with Crippen LogP contribution in [0.1, 0.15) is 24.8 Å². The third kappa shape index (κ3) is 2.04. The van der Waals surface area contributed by atoms with E-state index in [4.69, 9.17) is 11.6 Å². The monoisotopic (exact) mass is 298 g/mol. The van der Waals surface area contributed by atoms with Crippen LogP contribution in [0.25, 0.3) is 0 Å². The van der Waals surface area contributed by atoms with Gasteiger partial charge < -0.3 is 0 Å². The quantitative estimate of drug-likeness (QED) is 0.710. The number of benzene rings is 1. The zero-order valence-electron chi connectivity index (χ0n) is 9.26. The lowest BCUT2D eigenvalue weighted by Gasteiger charge is -2.28. The summed E-state index contributed by atoms with van der Waals surface area (Å²) in [5.74, 6) is 2.09. The van der Waals surface area contributed by atoms with Crippen molar-refractivity contribution in [2.75, 3.05) is 5.33 Å². The zero-order valence-corrected chi connectivity index (χ0v) is 11.6. The molecule has 0 spiro atoms. The molecule has 0 heterocycles. The van der Waals surface area contributed by atoms with Crippen molar-refractivity contribution < 1.29 is 0 Å². The van der Waals surface area contributed by atoms with Gasteiger partial charge in [-0.3, -0.25) is 0 Å². The van der Waals surface area contributed by atoms with Crippen molar-refractivity contribution in [1.29, 1.82) is 0 Å². The van der Waals surface area contributed by atoms with Gasteiger partial charge in [0.05, 0.1) is 0 Å². The molecule has 1 aromatic rings. The van der Waals surface area contributed by atoms with Crippen molar-refractivity contribution in [2.24, 2.45) is 17.3 Å². The third-order valence-corrected chi connectivity index (χ3v) is 5.68. The Morgan fingerprint density at radius 2 is 1.81 bits per heavy atom. The van der Waals surface area contributed by atoms with Gasteiger partial charge in [-0.2, -0.15) is 0 Å². The molecule has 2 aliphatic carbocycles. The number of halogens is 2. The Labute approximate surface area is 111 Å². The second-order valence-corrected chi connectivity index (χ2v) is 6.60. The SMILES string of the molecule is Clc1ccc(CC2(CBr)CC3CC3C2)cc1. The molecular weight excluding hydrogens is 284 g/mol. The average molecular weight is 300 g/mol. The predicted octanol–water partition coefficient (Wildman–Crippen LogP) is 4.69. The number of hydrogen-bond donors (Lipinski definition) is 0. The topological polar surface area (TPSA) is 0 Å². The third-order valence-electron chi connectivity index (χ3n) is 4.24. The van der Waals surface area contributed by atoms with Crippen molar-refractivity contribution >= 4 is 27.5 Å². The highest BCUT2D eigenvalue weighted by Gasteiger charge is 2.52. The Kier molecular flexibility index (Phi) is 2.79. The highest BCUT2D eigenvalue weighted by atomic mass is 79.9. The van der Waals surface area contributed by atoms with E-state index in [1.165, 1.54) is 31.2 Å². The Morgan fingerprint density at radius 3 is 2.38 bits per heavy atom. The van der Waals surface area contributed by atoms with Gasteiger partial charge in [-0.25, -0.2) is 0 Å². The van der Waals surface area contributed by atoms with E-state index in [9.17, 15) is 0 Å². The summed E-state index contributed by atoms with van der Waals surface area (Å²) in [4.78, 5) is 0. The molecule has 0 saturated heterocycles. The first kappa shape index (κ1) is 11.1. The maximum atomic E-state index is 5.92. The molecule has 2 fully saturated rings. The first-order valence-corrected chi connectivity index (χ1v) is 7.51. The highest BCUT2D eigenvalue weighted by molar-refractivity contribution is 9.09. The minimum Gasteiger partial charge on any atom is -0.0922 e. The molecule has 0 bridgehead atoms. The molecular formula is C14H16BrCl. The second kappa shape index (κ2) is 4.03. The summed E-state index contributed by atoms with van der Waals surface area (Å²) in [6.45, 7) is 0. The van der Waals surface area contributed by atoms with Crippen LogP contribution in [0.3, 0.4) is 0 Å². The maximum Gasteiger partial charge on any atom is 0.0406 e. The molecule has 2 unspecified atom stereocenters. The minimum atomic E-state index is 0.529. The fraction of sp³-hybridized carbons (Fsp3) is 0.571. The van der Waals surface area contributed by atoms with Crippen molar-refractivity contribution in [3.63, 3.8) is 0 Å². The molecule has 2 aliphatic rings. The van der Waals surface area contributed by atoms with Gasteiger partial charge in [-0.15, -0.1) is 0 Å². The summed E-state index contributed by atoms with van der Waals surface area (Å²) >= 11 is 9.65. The lowest BCUT2D eigenvalue weighted by Crippen LogP contribution is -2.23.